The van der Waals surface area contributed by atoms with Crippen LogP contribution in [-0.4, -0.2) is 23.2 Å². The number of nitrogens with two attached hydrogens (primary N) is 1. The number of nitrogens with zero attached hydrogens (tertiary/aromatic N) is 2. The molecule has 0 saturated heterocycles. The molecule has 21 heavy (non-hydrogen) atoms. The summed E-state index contributed by atoms with van der Waals surface area (Å²) in [6.07, 6.45) is 2.25. The van der Waals surface area contributed by atoms with E-state index in [1.165, 1.54) is 6.07 Å². The first-order valence-electron chi connectivity index (χ1n) is 6.29. The summed E-state index contributed by atoms with van der Waals surface area (Å²) in [5.74, 6) is 0. The standard InChI is InChI=1S/C13H16N4O2S2/c1-3-10-11(8-17(2)15-10)16-21(18,19)12-7-5-4-6-9(12)13(14)20/h4-8,16H,3H2,1-2H3,(H2,14,20). The second-order valence-electron chi connectivity index (χ2n) is 4.48. The zero-order valence-electron chi connectivity index (χ0n) is 11.7. The van der Waals surface area contributed by atoms with E-state index < -0.39 is 10.0 Å². The van der Waals surface area contributed by atoms with Crippen LogP contribution in [0, 0.1) is 0 Å². The Morgan fingerprint density at radius 2 is 2.10 bits per heavy atom. The fraction of sp³-hybridized carbons (Fsp3) is 0.231. The van der Waals surface area contributed by atoms with Gasteiger partial charge in [0.05, 0.1) is 16.3 Å². The Morgan fingerprint density at radius 1 is 1.43 bits per heavy atom. The van der Waals surface area contributed by atoms with Crippen LogP contribution < -0.4 is 10.5 Å². The maximum atomic E-state index is 12.5. The summed E-state index contributed by atoms with van der Waals surface area (Å²) in [4.78, 5) is 0.0984. The number of aromatic nitrogens is 2. The monoisotopic (exact) mass is 324 g/mol. The Bertz CT molecular complexity index is 781. The summed E-state index contributed by atoms with van der Waals surface area (Å²) in [6, 6.07) is 6.37. The van der Waals surface area contributed by atoms with Crippen molar-refractivity contribution < 1.29 is 8.42 Å². The Morgan fingerprint density at radius 3 is 2.71 bits per heavy atom. The Labute approximate surface area is 129 Å². The lowest BCUT2D eigenvalue weighted by Gasteiger charge is -2.11. The SMILES string of the molecule is CCc1nn(C)cc1NS(=O)(=O)c1ccccc1C(N)=S. The van der Waals surface area contributed by atoms with Crippen molar-refractivity contribution in [2.45, 2.75) is 18.2 Å². The van der Waals surface area contributed by atoms with Crippen LogP contribution in [0.5, 0.6) is 0 Å². The van der Waals surface area contributed by atoms with E-state index in [1.807, 2.05) is 6.92 Å². The fourth-order valence-electron chi connectivity index (χ4n) is 1.99. The first kappa shape index (κ1) is 15.5. The summed E-state index contributed by atoms with van der Waals surface area (Å²) >= 11 is 4.90. The maximum absolute atomic E-state index is 12.5. The number of rotatable bonds is 5. The largest absolute Gasteiger partial charge is 0.389 e. The van der Waals surface area contributed by atoms with Gasteiger partial charge in [-0.15, -0.1) is 0 Å². The van der Waals surface area contributed by atoms with Gasteiger partial charge in [-0.2, -0.15) is 5.10 Å². The van der Waals surface area contributed by atoms with E-state index in [9.17, 15) is 8.42 Å². The Balaban J connectivity index is 2.46. The van der Waals surface area contributed by atoms with Crippen LogP contribution >= 0.6 is 12.2 Å². The first-order chi connectivity index (χ1) is 9.85. The summed E-state index contributed by atoms with van der Waals surface area (Å²) in [6.45, 7) is 1.91. The van der Waals surface area contributed by atoms with Gasteiger partial charge < -0.3 is 5.73 Å². The van der Waals surface area contributed by atoms with Crippen molar-refractivity contribution in [1.82, 2.24) is 9.78 Å². The van der Waals surface area contributed by atoms with Crippen LogP contribution in [0.3, 0.4) is 0 Å². The van der Waals surface area contributed by atoms with Crippen LogP contribution in [-0.2, 0) is 23.5 Å². The lowest BCUT2D eigenvalue weighted by atomic mass is 10.2. The zero-order valence-corrected chi connectivity index (χ0v) is 13.3. The predicted octanol–water partition coefficient (Wildman–Crippen LogP) is 1.42. The average Bonchev–Trinajstić information content (AvgIpc) is 2.78. The van der Waals surface area contributed by atoms with Crippen molar-refractivity contribution in [3.8, 4) is 0 Å². The summed E-state index contributed by atoms with van der Waals surface area (Å²) in [7, 11) is -2.04. The molecule has 0 aliphatic heterocycles. The van der Waals surface area contributed by atoms with Gasteiger partial charge in [-0.3, -0.25) is 9.40 Å². The molecule has 0 amide bonds. The number of sulfonamides is 1. The lowest BCUT2D eigenvalue weighted by molar-refractivity contribution is 0.601. The normalized spacial score (nSPS) is 11.3. The third-order valence-electron chi connectivity index (χ3n) is 2.93. The van der Waals surface area contributed by atoms with Crippen LogP contribution in [0.4, 0.5) is 5.69 Å². The number of thiocarbonyl (C=S) groups is 1. The molecule has 0 unspecified atom stereocenters. The molecule has 112 valence electrons. The molecule has 1 aromatic heterocycles. The van der Waals surface area contributed by atoms with Gasteiger partial charge in [0.15, 0.2) is 0 Å². The van der Waals surface area contributed by atoms with E-state index in [1.54, 1.807) is 36.1 Å². The molecule has 6 nitrogen and oxygen atoms in total. The van der Waals surface area contributed by atoms with Crippen molar-refractivity contribution >= 4 is 32.9 Å². The highest BCUT2D eigenvalue weighted by Gasteiger charge is 2.21. The molecule has 0 spiro atoms. The molecule has 0 aliphatic carbocycles. The van der Waals surface area contributed by atoms with Gasteiger partial charge in [-0.05, 0) is 12.5 Å². The quantitative estimate of drug-likeness (QED) is 0.812. The predicted molar refractivity (Wildman–Crippen MR) is 85.7 cm³/mol. The van der Waals surface area contributed by atoms with E-state index >= 15 is 0 Å². The molecule has 1 heterocycles. The second-order valence-corrected chi connectivity index (χ2v) is 6.57. The number of hydrogen-bond donors (Lipinski definition) is 2. The van der Waals surface area contributed by atoms with Gasteiger partial charge in [0.2, 0.25) is 0 Å². The molecule has 8 heteroatoms. The Kier molecular flexibility index (Phi) is 4.29. The van der Waals surface area contributed by atoms with E-state index in [0.29, 0.717) is 23.4 Å². The highest BCUT2D eigenvalue weighted by molar-refractivity contribution is 7.93. The van der Waals surface area contributed by atoms with Crippen LogP contribution in [0.15, 0.2) is 35.4 Å². The minimum Gasteiger partial charge on any atom is -0.389 e. The van der Waals surface area contributed by atoms with Crippen LogP contribution in [0.25, 0.3) is 0 Å². The zero-order chi connectivity index (χ0) is 15.6. The van der Waals surface area contributed by atoms with E-state index in [0.717, 1.165) is 0 Å². The third kappa shape index (κ3) is 3.22. The molecular formula is C13H16N4O2S2. The van der Waals surface area contributed by atoms with Crippen LogP contribution in [0.2, 0.25) is 0 Å². The minimum atomic E-state index is -3.78. The molecule has 2 aromatic rings. The van der Waals surface area contributed by atoms with Crippen molar-refractivity contribution in [2.75, 3.05) is 4.72 Å². The number of anilines is 1. The molecule has 0 aliphatic rings. The van der Waals surface area contributed by atoms with Gasteiger partial charge in [0.25, 0.3) is 10.0 Å². The molecule has 2 rings (SSSR count). The van der Waals surface area contributed by atoms with Crippen LogP contribution in [0.1, 0.15) is 18.2 Å². The highest BCUT2D eigenvalue weighted by atomic mass is 32.2. The summed E-state index contributed by atoms with van der Waals surface area (Å²) in [5.41, 5.74) is 7.04. The van der Waals surface area contributed by atoms with Gasteiger partial charge in [-0.1, -0.05) is 37.3 Å². The number of hydrogen-bond acceptors (Lipinski definition) is 4. The number of nitrogens with one attached hydrogen (secondary N) is 1. The van der Waals surface area contributed by atoms with E-state index in [2.05, 4.69) is 9.82 Å². The minimum absolute atomic E-state index is 0.0397. The van der Waals surface area contributed by atoms with Crippen molar-refractivity contribution in [3.63, 3.8) is 0 Å². The smallest absolute Gasteiger partial charge is 0.262 e. The van der Waals surface area contributed by atoms with Gasteiger partial charge >= 0.3 is 0 Å². The molecule has 0 bridgehead atoms. The fourth-order valence-corrected chi connectivity index (χ4v) is 3.52. The topological polar surface area (TPSA) is 90.0 Å². The Hall–Kier alpha value is -1.93. The van der Waals surface area contributed by atoms with Gasteiger partial charge in [0.1, 0.15) is 4.99 Å². The molecule has 3 N–H and O–H groups in total. The molecule has 0 saturated carbocycles. The van der Waals surface area contributed by atoms with E-state index in [-0.39, 0.29) is 9.88 Å². The van der Waals surface area contributed by atoms with Crippen molar-refractivity contribution in [3.05, 3.63) is 41.7 Å². The third-order valence-corrected chi connectivity index (χ3v) is 4.57. The maximum Gasteiger partial charge on any atom is 0.262 e. The first-order valence-corrected chi connectivity index (χ1v) is 8.18. The highest BCUT2D eigenvalue weighted by Crippen LogP contribution is 2.22. The molecular weight excluding hydrogens is 308 g/mol. The molecule has 0 atom stereocenters. The number of benzene rings is 1. The summed E-state index contributed by atoms with van der Waals surface area (Å²) < 4.78 is 29.2. The molecule has 0 radical (unpaired) electrons. The average molecular weight is 324 g/mol. The van der Waals surface area contributed by atoms with Crippen molar-refractivity contribution in [1.29, 1.82) is 0 Å². The van der Waals surface area contributed by atoms with E-state index in [4.69, 9.17) is 18.0 Å². The summed E-state index contributed by atoms with van der Waals surface area (Å²) in [5, 5.41) is 4.20. The second kappa shape index (κ2) is 5.82. The van der Waals surface area contributed by atoms with Crippen molar-refractivity contribution in [2.24, 2.45) is 12.8 Å². The van der Waals surface area contributed by atoms with Gasteiger partial charge in [-0.25, -0.2) is 8.42 Å². The molecule has 0 fully saturated rings. The molecule has 1 aromatic carbocycles. The van der Waals surface area contributed by atoms with Gasteiger partial charge in [0, 0.05) is 18.8 Å². The number of aryl methyl sites for hydroxylation is 2. The lowest BCUT2D eigenvalue weighted by Crippen LogP contribution is -2.20.